The molecular weight excluding hydrogens is 308 g/mol. The monoisotopic (exact) mass is 332 g/mol. The molecule has 4 nitrogen and oxygen atoms in total. The number of benzene rings is 1. The van der Waals surface area contributed by atoms with Crippen LogP contribution in [0.1, 0.15) is 16.9 Å². The fourth-order valence-electron chi connectivity index (χ4n) is 3.25. The van der Waals surface area contributed by atoms with Crippen LogP contribution in [0.4, 0.5) is 0 Å². The molecule has 1 aliphatic heterocycles. The molecule has 2 N–H and O–H groups in total. The number of hydrogen-bond donors (Lipinski definition) is 2. The van der Waals surface area contributed by atoms with Gasteiger partial charge in [-0.15, -0.1) is 11.3 Å². The van der Waals surface area contributed by atoms with Crippen LogP contribution in [0.25, 0.3) is 0 Å². The highest BCUT2D eigenvalue weighted by atomic mass is 32.1. The molecule has 1 saturated heterocycles. The minimum absolute atomic E-state index is 0.228. The van der Waals surface area contributed by atoms with Gasteiger partial charge in [0.15, 0.2) is 0 Å². The van der Waals surface area contributed by atoms with E-state index in [1.165, 1.54) is 4.88 Å². The summed E-state index contributed by atoms with van der Waals surface area (Å²) in [6.45, 7) is 5.04. The van der Waals surface area contributed by atoms with Crippen LogP contribution in [0.3, 0.4) is 0 Å². The lowest BCUT2D eigenvalue weighted by Crippen LogP contribution is -2.52. The molecule has 2 heterocycles. The molecule has 23 heavy (non-hydrogen) atoms. The lowest BCUT2D eigenvalue weighted by Gasteiger charge is -2.41. The second kappa shape index (κ2) is 7.93. The van der Waals surface area contributed by atoms with Crippen LogP contribution in [0.5, 0.6) is 5.75 Å². The Morgan fingerprint density at radius 1 is 1.13 bits per heavy atom. The molecular formula is C18H24N2O2S. The maximum atomic E-state index is 9.61. The van der Waals surface area contributed by atoms with E-state index in [2.05, 4.69) is 33.4 Å². The van der Waals surface area contributed by atoms with Crippen molar-refractivity contribution in [2.45, 2.75) is 25.6 Å². The van der Waals surface area contributed by atoms with Gasteiger partial charge in [-0.05, 0) is 35.6 Å². The van der Waals surface area contributed by atoms with E-state index in [1.807, 2.05) is 12.1 Å². The van der Waals surface area contributed by atoms with Crippen molar-refractivity contribution >= 4 is 11.3 Å². The third kappa shape index (κ3) is 4.54. The highest BCUT2D eigenvalue weighted by Crippen LogP contribution is 2.21. The zero-order valence-electron chi connectivity index (χ0n) is 13.3. The number of rotatable bonds is 6. The van der Waals surface area contributed by atoms with Gasteiger partial charge in [-0.25, -0.2) is 0 Å². The van der Waals surface area contributed by atoms with Crippen molar-refractivity contribution in [1.29, 1.82) is 0 Å². The van der Waals surface area contributed by atoms with Gasteiger partial charge in [-0.1, -0.05) is 18.2 Å². The van der Waals surface area contributed by atoms with Crippen LogP contribution in [0, 0.1) is 0 Å². The Bertz CT molecular complexity index is 603. The molecule has 3 rings (SSSR count). The summed E-state index contributed by atoms with van der Waals surface area (Å²) >= 11 is 1.80. The van der Waals surface area contributed by atoms with E-state index in [9.17, 15) is 10.2 Å². The van der Waals surface area contributed by atoms with E-state index in [-0.39, 0.29) is 6.61 Å². The predicted molar refractivity (Wildman–Crippen MR) is 93.6 cm³/mol. The summed E-state index contributed by atoms with van der Waals surface area (Å²) in [7, 11) is 0. The lowest BCUT2D eigenvalue weighted by atomic mass is 10.1. The van der Waals surface area contributed by atoms with Gasteiger partial charge in [0, 0.05) is 50.2 Å². The molecule has 124 valence electrons. The Balaban J connectivity index is 1.61. The summed E-state index contributed by atoms with van der Waals surface area (Å²) in [4.78, 5) is 6.29. The summed E-state index contributed by atoms with van der Waals surface area (Å²) in [5.74, 6) is 0.325. The zero-order chi connectivity index (χ0) is 16.1. The molecule has 1 atom stereocenters. The third-order valence-corrected chi connectivity index (χ3v) is 5.27. The molecule has 5 heteroatoms. The summed E-state index contributed by atoms with van der Waals surface area (Å²) in [5, 5.41) is 21.1. The number of aromatic hydroxyl groups is 1. The Hall–Kier alpha value is -1.40. The molecule has 0 saturated carbocycles. The number of aliphatic hydroxyl groups is 1. The normalized spacial score (nSPS) is 20.0. The minimum atomic E-state index is 0.228. The van der Waals surface area contributed by atoms with Crippen molar-refractivity contribution in [2.24, 2.45) is 0 Å². The molecule has 0 aliphatic carbocycles. The van der Waals surface area contributed by atoms with Crippen molar-refractivity contribution in [3.63, 3.8) is 0 Å². The summed E-state index contributed by atoms with van der Waals surface area (Å²) in [5.41, 5.74) is 1.14. The molecule has 0 amide bonds. The summed E-state index contributed by atoms with van der Waals surface area (Å²) in [6.07, 6.45) is 0.807. The standard InChI is InChI=1S/C18H24N2O2S/c21-9-6-16-13-19(12-15-3-1-4-17(22)11-15)7-8-20(16)14-18-5-2-10-23-18/h1-5,10-11,16,21-22H,6-9,12-14H2/t16-/m0/s1. The van der Waals surface area contributed by atoms with Gasteiger partial charge in [0.1, 0.15) is 5.75 Å². The predicted octanol–water partition coefficient (Wildman–Crippen LogP) is 2.52. The SMILES string of the molecule is OCC[C@H]1CN(Cc2cccc(O)c2)CCN1Cc1cccs1. The second-order valence-electron chi connectivity index (χ2n) is 6.12. The molecule has 2 aromatic rings. The first-order chi connectivity index (χ1) is 11.2. The van der Waals surface area contributed by atoms with Gasteiger partial charge in [-0.3, -0.25) is 9.80 Å². The van der Waals surface area contributed by atoms with Crippen LogP contribution >= 0.6 is 11.3 Å². The summed E-state index contributed by atoms with van der Waals surface area (Å²) < 4.78 is 0. The van der Waals surface area contributed by atoms with E-state index in [4.69, 9.17) is 0 Å². The number of piperazine rings is 1. The molecule has 0 radical (unpaired) electrons. The lowest BCUT2D eigenvalue weighted by molar-refractivity contribution is 0.0506. The van der Waals surface area contributed by atoms with E-state index in [1.54, 1.807) is 17.4 Å². The van der Waals surface area contributed by atoms with Crippen LogP contribution in [0.2, 0.25) is 0 Å². The maximum absolute atomic E-state index is 9.61. The summed E-state index contributed by atoms with van der Waals surface area (Å²) in [6, 6.07) is 12.1. The fraction of sp³-hybridized carbons (Fsp3) is 0.444. The molecule has 1 aromatic carbocycles. The van der Waals surface area contributed by atoms with Gasteiger partial charge in [0.25, 0.3) is 0 Å². The average molecular weight is 332 g/mol. The first kappa shape index (κ1) is 16.5. The Morgan fingerprint density at radius 2 is 2.04 bits per heavy atom. The molecule has 1 fully saturated rings. The molecule has 0 bridgehead atoms. The van der Waals surface area contributed by atoms with Gasteiger partial charge >= 0.3 is 0 Å². The minimum Gasteiger partial charge on any atom is -0.508 e. The number of nitrogens with zero attached hydrogens (tertiary/aromatic N) is 2. The van der Waals surface area contributed by atoms with Gasteiger partial charge in [0.2, 0.25) is 0 Å². The van der Waals surface area contributed by atoms with Crippen LogP contribution in [-0.2, 0) is 13.1 Å². The topological polar surface area (TPSA) is 46.9 Å². The first-order valence-electron chi connectivity index (χ1n) is 8.12. The second-order valence-corrected chi connectivity index (χ2v) is 7.15. The Labute approximate surface area is 141 Å². The highest BCUT2D eigenvalue weighted by Gasteiger charge is 2.26. The van der Waals surface area contributed by atoms with Crippen LogP contribution in [-0.4, -0.2) is 52.3 Å². The quantitative estimate of drug-likeness (QED) is 0.853. The highest BCUT2D eigenvalue weighted by molar-refractivity contribution is 7.09. The number of hydrogen-bond acceptors (Lipinski definition) is 5. The number of phenolic OH excluding ortho intramolecular Hbond substituents is 1. The van der Waals surface area contributed by atoms with E-state index >= 15 is 0 Å². The average Bonchev–Trinajstić information content (AvgIpc) is 3.03. The van der Waals surface area contributed by atoms with Crippen LogP contribution in [0.15, 0.2) is 41.8 Å². The van der Waals surface area contributed by atoms with Crippen LogP contribution < -0.4 is 0 Å². The Kier molecular flexibility index (Phi) is 5.67. The van der Waals surface area contributed by atoms with Gasteiger partial charge in [-0.2, -0.15) is 0 Å². The van der Waals surface area contributed by atoms with Crippen molar-refractivity contribution < 1.29 is 10.2 Å². The molecule has 0 unspecified atom stereocenters. The van der Waals surface area contributed by atoms with Gasteiger partial charge < -0.3 is 10.2 Å². The molecule has 1 aromatic heterocycles. The van der Waals surface area contributed by atoms with Gasteiger partial charge in [0.05, 0.1) is 0 Å². The van der Waals surface area contributed by atoms with Crippen molar-refractivity contribution in [3.05, 3.63) is 52.2 Å². The van der Waals surface area contributed by atoms with E-state index in [0.29, 0.717) is 11.8 Å². The largest absolute Gasteiger partial charge is 0.508 e. The van der Waals surface area contributed by atoms with E-state index < -0.39 is 0 Å². The number of aliphatic hydroxyl groups excluding tert-OH is 1. The smallest absolute Gasteiger partial charge is 0.115 e. The maximum Gasteiger partial charge on any atom is 0.115 e. The molecule has 0 spiro atoms. The number of phenols is 1. The fourth-order valence-corrected chi connectivity index (χ4v) is 3.98. The van der Waals surface area contributed by atoms with Crippen molar-refractivity contribution in [3.8, 4) is 5.75 Å². The number of thiophene rings is 1. The third-order valence-electron chi connectivity index (χ3n) is 4.41. The zero-order valence-corrected chi connectivity index (χ0v) is 14.1. The molecule has 1 aliphatic rings. The Morgan fingerprint density at radius 3 is 2.78 bits per heavy atom. The van der Waals surface area contributed by atoms with E-state index in [0.717, 1.165) is 44.7 Å². The first-order valence-corrected chi connectivity index (χ1v) is 9.00. The van der Waals surface area contributed by atoms with Crippen molar-refractivity contribution in [2.75, 3.05) is 26.2 Å². The van der Waals surface area contributed by atoms with Crippen molar-refractivity contribution in [1.82, 2.24) is 9.80 Å².